The van der Waals surface area contributed by atoms with Crippen molar-refractivity contribution in [3.63, 3.8) is 0 Å². The van der Waals surface area contributed by atoms with Crippen molar-refractivity contribution in [1.82, 2.24) is 4.57 Å². The van der Waals surface area contributed by atoms with Crippen LogP contribution in [0, 0.1) is 0 Å². The topological polar surface area (TPSA) is 97.2 Å². The molecular weight excluding hydrogens is 512 g/mol. The monoisotopic (exact) mass is 544 g/mol. The molecule has 4 rings (SSSR count). The van der Waals surface area contributed by atoms with Crippen molar-refractivity contribution >= 4 is 17.6 Å². The SMILES string of the molecule is CCOC(=O)c1c(NC(=O)c2ccc(OC)c(OC)c2)c(-c2ccc(OC)c(OC)c2)cn1Cc1ccccc1. The van der Waals surface area contributed by atoms with Crippen LogP contribution in [0.15, 0.2) is 72.9 Å². The van der Waals surface area contributed by atoms with Gasteiger partial charge in [0.1, 0.15) is 0 Å². The van der Waals surface area contributed by atoms with Crippen molar-refractivity contribution in [2.75, 3.05) is 40.4 Å². The second-order valence-electron chi connectivity index (χ2n) is 8.69. The van der Waals surface area contributed by atoms with E-state index in [1.165, 1.54) is 14.2 Å². The van der Waals surface area contributed by atoms with Gasteiger partial charge in [0, 0.05) is 23.9 Å². The average molecular weight is 545 g/mol. The maximum Gasteiger partial charge on any atom is 0.357 e. The highest BCUT2D eigenvalue weighted by Gasteiger charge is 2.27. The summed E-state index contributed by atoms with van der Waals surface area (Å²) in [5.74, 6) is 0.953. The molecule has 0 spiro atoms. The summed E-state index contributed by atoms with van der Waals surface area (Å²) in [5.41, 5.74) is 3.12. The molecule has 0 aliphatic rings. The minimum absolute atomic E-state index is 0.171. The van der Waals surface area contributed by atoms with Crippen molar-refractivity contribution in [3.8, 4) is 34.1 Å². The zero-order chi connectivity index (χ0) is 28.6. The molecule has 0 aliphatic heterocycles. The summed E-state index contributed by atoms with van der Waals surface area (Å²) in [6.07, 6.45) is 1.82. The number of methoxy groups -OCH3 is 4. The second kappa shape index (κ2) is 12.8. The number of nitrogens with zero attached hydrogens (tertiary/aromatic N) is 1. The number of ether oxygens (including phenoxy) is 5. The summed E-state index contributed by atoms with van der Waals surface area (Å²) < 4.78 is 28.8. The number of rotatable bonds is 11. The Bertz CT molecular complexity index is 1500. The number of anilines is 1. The van der Waals surface area contributed by atoms with Gasteiger partial charge in [-0.3, -0.25) is 4.79 Å². The van der Waals surface area contributed by atoms with Crippen LogP contribution in [0.25, 0.3) is 11.1 Å². The van der Waals surface area contributed by atoms with Gasteiger partial charge in [-0.2, -0.15) is 0 Å². The number of nitrogens with one attached hydrogen (secondary N) is 1. The highest BCUT2D eigenvalue weighted by atomic mass is 16.5. The number of hydrogen-bond acceptors (Lipinski definition) is 7. The molecule has 0 atom stereocenters. The number of aromatic nitrogens is 1. The van der Waals surface area contributed by atoms with Crippen LogP contribution >= 0.6 is 0 Å². The Hall–Kier alpha value is -4.92. The van der Waals surface area contributed by atoms with Gasteiger partial charge in [0.2, 0.25) is 0 Å². The van der Waals surface area contributed by atoms with E-state index in [-0.39, 0.29) is 12.3 Å². The van der Waals surface area contributed by atoms with E-state index in [1.54, 1.807) is 56.0 Å². The molecular formula is C31H32N2O7. The zero-order valence-electron chi connectivity index (χ0n) is 23.1. The van der Waals surface area contributed by atoms with Crippen LogP contribution in [0.2, 0.25) is 0 Å². The molecule has 0 bridgehead atoms. The first-order valence-electron chi connectivity index (χ1n) is 12.6. The molecule has 1 amide bonds. The van der Waals surface area contributed by atoms with Gasteiger partial charge in [-0.15, -0.1) is 0 Å². The summed E-state index contributed by atoms with van der Waals surface area (Å²) in [7, 11) is 6.12. The van der Waals surface area contributed by atoms with Gasteiger partial charge in [-0.1, -0.05) is 36.4 Å². The van der Waals surface area contributed by atoms with E-state index < -0.39 is 11.9 Å². The number of carbonyl (C=O) groups is 2. The van der Waals surface area contributed by atoms with Crippen LogP contribution in [0.4, 0.5) is 5.69 Å². The molecule has 1 heterocycles. The second-order valence-corrected chi connectivity index (χ2v) is 8.69. The van der Waals surface area contributed by atoms with E-state index in [9.17, 15) is 9.59 Å². The smallest absolute Gasteiger partial charge is 0.357 e. The maximum atomic E-state index is 13.6. The Labute approximate surface area is 233 Å². The number of benzene rings is 3. The number of esters is 1. The zero-order valence-corrected chi connectivity index (χ0v) is 23.1. The standard InChI is InChI=1S/C31H32N2O7/c1-6-40-31(35)29-28(32-30(34)22-13-15-25(37-3)27(17-22)39-5)23(19-33(29)18-20-10-8-7-9-11-20)21-12-14-24(36-2)26(16-21)38-4/h7-17,19H,6,18H2,1-5H3,(H,32,34). The molecule has 0 unspecified atom stereocenters. The Balaban J connectivity index is 1.89. The lowest BCUT2D eigenvalue weighted by Crippen LogP contribution is -2.18. The first kappa shape index (κ1) is 28.1. The van der Waals surface area contributed by atoms with Gasteiger partial charge in [-0.25, -0.2) is 4.79 Å². The van der Waals surface area contributed by atoms with Crippen LogP contribution in [0.3, 0.4) is 0 Å². The minimum Gasteiger partial charge on any atom is -0.493 e. The average Bonchev–Trinajstić information content (AvgIpc) is 3.34. The molecule has 0 radical (unpaired) electrons. The summed E-state index contributed by atoms with van der Waals surface area (Å²) in [6.45, 7) is 2.28. The van der Waals surface area contributed by atoms with Crippen LogP contribution in [0.5, 0.6) is 23.0 Å². The van der Waals surface area contributed by atoms with E-state index in [0.717, 1.165) is 5.56 Å². The normalized spacial score (nSPS) is 10.5. The molecule has 1 aromatic heterocycles. The van der Waals surface area contributed by atoms with Crippen molar-refractivity contribution < 1.29 is 33.3 Å². The van der Waals surface area contributed by atoms with Crippen LogP contribution in [-0.2, 0) is 11.3 Å². The Kier molecular flexibility index (Phi) is 8.96. The van der Waals surface area contributed by atoms with E-state index in [0.29, 0.717) is 51.9 Å². The third kappa shape index (κ3) is 5.88. The van der Waals surface area contributed by atoms with Gasteiger partial charge >= 0.3 is 5.97 Å². The van der Waals surface area contributed by atoms with Gasteiger partial charge in [0.15, 0.2) is 28.7 Å². The molecule has 0 aliphatic carbocycles. The maximum absolute atomic E-state index is 13.6. The lowest BCUT2D eigenvalue weighted by atomic mass is 10.1. The predicted molar refractivity (Wildman–Crippen MR) is 152 cm³/mol. The Morgan fingerprint density at radius 3 is 2.02 bits per heavy atom. The summed E-state index contributed by atoms with van der Waals surface area (Å²) in [4.78, 5) is 26.9. The largest absolute Gasteiger partial charge is 0.493 e. The lowest BCUT2D eigenvalue weighted by Gasteiger charge is -2.14. The van der Waals surface area contributed by atoms with Gasteiger partial charge in [0.05, 0.1) is 40.7 Å². The van der Waals surface area contributed by atoms with E-state index in [4.69, 9.17) is 23.7 Å². The van der Waals surface area contributed by atoms with Crippen molar-refractivity contribution in [2.24, 2.45) is 0 Å². The first-order chi connectivity index (χ1) is 19.4. The van der Waals surface area contributed by atoms with E-state index >= 15 is 0 Å². The molecule has 9 heteroatoms. The molecule has 3 aromatic carbocycles. The van der Waals surface area contributed by atoms with Crippen molar-refractivity contribution in [2.45, 2.75) is 13.5 Å². The highest BCUT2D eigenvalue weighted by molar-refractivity contribution is 6.11. The molecule has 0 fully saturated rings. The van der Waals surface area contributed by atoms with Crippen molar-refractivity contribution in [1.29, 1.82) is 0 Å². The van der Waals surface area contributed by atoms with Crippen LogP contribution in [-0.4, -0.2) is 51.5 Å². The molecule has 40 heavy (non-hydrogen) atoms. The fraction of sp³-hybridized carbons (Fsp3) is 0.226. The van der Waals surface area contributed by atoms with Crippen LogP contribution < -0.4 is 24.3 Å². The minimum atomic E-state index is -0.562. The molecule has 0 saturated carbocycles. The van der Waals surface area contributed by atoms with E-state index in [1.807, 2.05) is 42.6 Å². The molecule has 208 valence electrons. The number of hydrogen-bond donors (Lipinski definition) is 1. The lowest BCUT2D eigenvalue weighted by molar-refractivity contribution is 0.0515. The summed E-state index contributed by atoms with van der Waals surface area (Å²) >= 11 is 0. The molecule has 0 saturated heterocycles. The van der Waals surface area contributed by atoms with E-state index in [2.05, 4.69) is 5.32 Å². The Morgan fingerprint density at radius 2 is 1.40 bits per heavy atom. The van der Waals surface area contributed by atoms with Gasteiger partial charge < -0.3 is 33.6 Å². The fourth-order valence-corrected chi connectivity index (χ4v) is 4.39. The molecule has 1 N–H and O–H groups in total. The summed E-state index contributed by atoms with van der Waals surface area (Å²) in [6, 6.07) is 20.0. The number of carbonyl (C=O) groups excluding carboxylic acids is 2. The fourth-order valence-electron chi connectivity index (χ4n) is 4.39. The highest BCUT2D eigenvalue weighted by Crippen LogP contribution is 2.39. The van der Waals surface area contributed by atoms with Crippen molar-refractivity contribution in [3.05, 3.63) is 89.7 Å². The third-order valence-electron chi connectivity index (χ3n) is 6.32. The quantitative estimate of drug-likeness (QED) is 0.243. The summed E-state index contributed by atoms with van der Waals surface area (Å²) in [5, 5.41) is 2.97. The predicted octanol–water partition coefficient (Wildman–Crippen LogP) is 5.67. The first-order valence-corrected chi connectivity index (χ1v) is 12.6. The third-order valence-corrected chi connectivity index (χ3v) is 6.32. The molecule has 9 nitrogen and oxygen atoms in total. The molecule has 4 aromatic rings. The Morgan fingerprint density at radius 1 is 0.775 bits per heavy atom. The number of amides is 1. The van der Waals surface area contributed by atoms with Gasteiger partial charge in [0.25, 0.3) is 5.91 Å². The van der Waals surface area contributed by atoms with Crippen LogP contribution in [0.1, 0.15) is 33.3 Å². The van der Waals surface area contributed by atoms with Gasteiger partial charge in [-0.05, 0) is 48.4 Å².